The smallest absolute Gasteiger partial charge is 0.253 e. The highest BCUT2D eigenvalue weighted by Crippen LogP contribution is 2.25. The van der Waals surface area contributed by atoms with Crippen LogP contribution in [0.4, 0.5) is 4.39 Å². The molecule has 0 spiro atoms. The molecule has 0 heterocycles. The van der Waals surface area contributed by atoms with Crippen molar-refractivity contribution in [3.05, 3.63) is 32.5 Å². The van der Waals surface area contributed by atoms with Crippen molar-refractivity contribution in [3.8, 4) is 0 Å². The van der Waals surface area contributed by atoms with Gasteiger partial charge in [0, 0.05) is 10.0 Å². The van der Waals surface area contributed by atoms with Crippen LogP contribution >= 0.6 is 43.5 Å². The Balaban J connectivity index is 3.33. The van der Waals surface area contributed by atoms with Crippen LogP contribution in [0.1, 0.15) is 10.4 Å². The fourth-order valence-corrected chi connectivity index (χ4v) is 1.78. The predicted octanol–water partition coefficient (Wildman–Crippen LogP) is 3.73. The fraction of sp³-hybridized carbons (Fsp3) is 0. The average Bonchev–Trinajstić information content (AvgIpc) is 1.96. The van der Waals surface area contributed by atoms with Crippen LogP contribution in [0.15, 0.2) is 21.1 Å². The summed E-state index contributed by atoms with van der Waals surface area (Å²) in [6.45, 7) is 0. The molecule has 0 saturated carbocycles. The van der Waals surface area contributed by atoms with Gasteiger partial charge < -0.3 is 0 Å². The molecule has 1 aromatic carbocycles. The standard InChI is InChI=1S/C7H2Br2ClFO/c8-4-2-6(11)5(9)1-3(4)7(10)12/h1-2H. The number of carbonyl (C=O) groups excluding carboxylic acids is 1. The second-order valence-corrected chi connectivity index (χ2v) is 4.07. The first-order valence-electron chi connectivity index (χ1n) is 2.86. The van der Waals surface area contributed by atoms with Gasteiger partial charge in [0.15, 0.2) is 0 Å². The Labute approximate surface area is 90.2 Å². The first kappa shape index (κ1) is 10.2. The van der Waals surface area contributed by atoms with Gasteiger partial charge in [-0.05, 0) is 55.6 Å². The van der Waals surface area contributed by atoms with Crippen LogP contribution < -0.4 is 0 Å². The van der Waals surface area contributed by atoms with Crippen LogP contribution in [0.25, 0.3) is 0 Å². The SMILES string of the molecule is O=C(Cl)c1cc(Br)c(F)cc1Br. The number of carbonyl (C=O) groups is 1. The minimum absolute atomic E-state index is 0.217. The summed E-state index contributed by atoms with van der Waals surface area (Å²) in [6.07, 6.45) is 0. The highest BCUT2D eigenvalue weighted by Gasteiger charge is 2.10. The molecule has 0 radical (unpaired) electrons. The number of hydrogen-bond donors (Lipinski definition) is 0. The van der Waals surface area contributed by atoms with Crippen LogP contribution in [0.5, 0.6) is 0 Å². The largest absolute Gasteiger partial charge is 0.276 e. The number of hydrogen-bond acceptors (Lipinski definition) is 1. The molecule has 0 amide bonds. The number of halogens is 4. The van der Waals surface area contributed by atoms with Gasteiger partial charge in [0.1, 0.15) is 5.82 Å². The normalized spacial score (nSPS) is 10.0. The zero-order chi connectivity index (χ0) is 9.30. The second kappa shape index (κ2) is 3.85. The Morgan fingerprint density at radius 3 is 2.42 bits per heavy atom. The summed E-state index contributed by atoms with van der Waals surface area (Å²) in [5, 5.41) is -0.623. The van der Waals surface area contributed by atoms with E-state index in [4.69, 9.17) is 11.6 Å². The molecule has 5 heteroatoms. The quantitative estimate of drug-likeness (QED) is 0.570. The third-order valence-corrected chi connectivity index (χ3v) is 2.69. The molecule has 0 aliphatic carbocycles. The molecule has 0 saturated heterocycles. The van der Waals surface area contributed by atoms with E-state index in [0.29, 0.717) is 4.47 Å². The Kier molecular flexibility index (Phi) is 3.26. The van der Waals surface area contributed by atoms with E-state index < -0.39 is 11.1 Å². The van der Waals surface area contributed by atoms with Crippen molar-refractivity contribution < 1.29 is 9.18 Å². The first-order chi connectivity index (χ1) is 5.52. The Hall–Kier alpha value is 0.0700. The van der Waals surface area contributed by atoms with Crippen molar-refractivity contribution >= 4 is 48.7 Å². The van der Waals surface area contributed by atoms with Gasteiger partial charge in [-0.25, -0.2) is 4.39 Å². The lowest BCUT2D eigenvalue weighted by molar-refractivity contribution is 0.108. The molecule has 0 unspecified atom stereocenters. The molecule has 12 heavy (non-hydrogen) atoms. The van der Waals surface area contributed by atoms with Crippen molar-refractivity contribution in [2.75, 3.05) is 0 Å². The van der Waals surface area contributed by atoms with Gasteiger partial charge in [-0.2, -0.15) is 0 Å². The van der Waals surface area contributed by atoms with Gasteiger partial charge in [0.2, 0.25) is 0 Å². The molecule has 1 nitrogen and oxygen atoms in total. The lowest BCUT2D eigenvalue weighted by Gasteiger charge is -2.00. The van der Waals surface area contributed by atoms with Gasteiger partial charge in [-0.1, -0.05) is 0 Å². The zero-order valence-electron chi connectivity index (χ0n) is 5.57. The minimum Gasteiger partial charge on any atom is -0.276 e. The van der Waals surface area contributed by atoms with Crippen molar-refractivity contribution in [1.29, 1.82) is 0 Å². The molecule has 1 aromatic rings. The van der Waals surface area contributed by atoms with Gasteiger partial charge >= 0.3 is 0 Å². The van der Waals surface area contributed by atoms with Crippen LogP contribution in [0.3, 0.4) is 0 Å². The lowest BCUT2D eigenvalue weighted by Crippen LogP contribution is -1.92. The maximum absolute atomic E-state index is 12.8. The average molecular weight is 316 g/mol. The van der Waals surface area contributed by atoms with Crippen molar-refractivity contribution in [3.63, 3.8) is 0 Å². The summed E-state index contributed by atoms with van der Waals surface area (Å²) in [5.74, 6) is -0.441. The zero-order valence-corrected chi connectivity index (χ0v) is 9.50. The summed E-state index contributed by atoms with van der Waals surface area (Å²) in [4.78, 5) is 10.7. The van der Waals surface area contributed by atoms with Gasteiger partial charge in [0.05, 0.1) is 4.47 Å². The maximum Gasteiger partial charge on any atom is 0.253 e. The second-order valence-electron chi connectivity index (χ2n) is 2.02. The molecule has 0 atom stereocenters. The lowest BCUT2D eigenvalue weighted by atomic mass is 10.2. The molecule has 64 valence electrons. The van der Waals surface area contributed by atoms with E-state index in [1.165, 1.54) is 12.1 Å². The van der Waals surface area contributed by atoms with Crippen molar-refractivity contribution in [2.45, 2.75) is 0 Å². The van der Waals surface area contributed by atoms with E-state index in [9.17, 15) is 9.18 Å². The Morgan fingerprint density at radius 1 is 1.33 bits per heavy atom. The molecule has 0 aromatic heterocycles. The highest BCUT2D eigenvalue weighted by molar-refractivity contribution is 9.11. The van der Waals surface area contributed by atoms with Gasteiger partial charge in [-0.3, -0.25) is 4.79 Å². The first-order valence-corrected chi connectivity index (χ1v) is 4.83. The summed E-state index contributed by atoms with van der Waals surface area (Å²) >= 11 is 11.2. The third-order valence-electron chi connectivity index (χ3n) is 1.22. The summed E-state index contributed by atoms with van der Waals surface area (Å²) < 4.78 is 13.4. The van der Waals surface area contributed by atoms with Crippen LogP contribution in [-0.4, -0.2) is 5.24 Å². The molecule has 0 aliphatic rings. The van der Waals surface area contributed by atoms with Crippen molar-refractivity contribution in [2.24, 2.45) is 0 Å². The van der Waals surface area contributed by atoms with E-state index in [2.05, 4.69) is 31.9 Å². The predicted molar refractivity (Wildman–Crippen MR) is 52.0 cm³/mol. The summed E-state index contributed by atoms with van der Waals surface area (Å²) in [7, 11) is 0. The molecule has 0 aliphatic heterocycles. The van der Waals surface area contributed by atoms with Gasteiger partial charge in [-0.15, -0.1) is 0 Å². The molecule has 0 bridgehead atoms. The topological polar surface area (TPSA) is 17.1 Å². The molecular formula is C7H2Br2ClFO. The van der Waals surface area contributed by atoms with Crippen LogP contribution in [0.2, 0.25) is 0 Å². The Bertz CT molecular complexity index is 340. The molecular weight excluding hydrogens is 314 g/mol. The molecule has 0 N–H and O–H groups in total. The highest BCUT2D eigenvalue weighted by atomic mass is 79.9. The summed E-state index contributed by atoms with van der Waals surface area (Å²) in [6, 6.07) is 2.51. The van der Waals surface area contributed by atoms with E-state index in [1.807, 2.05) is 0 Å². The molecule has 0 fully saturated rings. The number of rotatable bonds is 1. The monoisotopic (exact) mass is 314 g/mol. The third kappa shape index (κ3) is 2.06. The summed E-state index contributed by atoms with van der Waals surface area (Å²) in [5.41, 5.74) is 0.241. The van der Waals surface area contributed by atoms with Crippen LogP contribution in [-0.2, 0) is 0 Å². The van der Waals surface area contributed by atoms with E-state index in [0.717, 1.165) is 0 Å². The van der Waals surface area contributed by atoms with E-state index in [1.54, 1.807) is 0 Å². The van der Waals surface area contributed by atoms with E-state index >= 15 is 0 Å². The van der Waals surface area contributed by atoms with Crippen LogP contribution in [0, 0.1) is 5.82 Å². The van der Waals surface area contributed by atoms with Gasteiger partial charge in [0.25, 0.3) is 5.24 Å². The minimum atomic E-state index is -0.623. The van der Waals surface area contributed by atoms with Crippen molar-refractivity contribution in [1.82, 2.24) is 0 Å². The fourth-order valence-electron chi connectivity index (χ4n) is 0.673. The Morgan fingerprint density at radius 2 is 1.92 bits per heavy atom. The number of benzene rings is 1. The maximum atomic E-state index is 12.8. The molecule has 1 rings (SSSR count). The van der Waals surface area contributed by atoms with E-state index in [-0.39, 0.29) is 10.0 Å².